The van der Waals surface area contributed by atoms with Gasteiger partial charge in [-0.15, -0.1) is 0 Å². The van der Waals surface area contributed by atoms with Gasteiger partial charge in [0.05, 0.1) is 5.52 Å². The second kappa shape index (κ2) is 6.12. The van der Waals surface area contributed by atoms with Gasteiger partial charge in [-0.25, -0.2) is 4.79 Å². The van der Waals surface area contributed by atoms with Crippen molar-refractivity contribution in [2.45, 2.75) is 26.7 Å². The lowest BCUT2D eigenvalue weighted by Crippen LogP contribution is -2.12. The van der Waals surface area contributed by atoms with Gasteiger partial charge in [0.25, 0.3) is 5.91 Å². The van der Waals surface area contributed by atoms with Crippen molar-refractivity contribution in [2.75, 3.05) is 5.32 Å². The topological polar surface area (TPSA) is 75.1 Å². The van der Waals surface area contributed by atoms with Gasteiger partial charge in [-0.05, 0) is 54.3 Å². The van der Waals surface area contributed by atoms with Crippen LogP contribution in [0.2, 0.25) is 0 Å². The van der Waals surface area contributed by atoms with E-state index >= 15 is 0 Å². The second-order valence-corrected chi connectivity index (χ2v) is 5.37. The summed E-state index contributed by atoms with van der Waals surface area (Å²) in [5, 5.41) is 2.89. The van der Waals surface area contributed by atoms with Crippen molar-refractivity contribution >= 4 is 22.7 Å². The third kappa shape index (κ3) is 3.04. The third-order valence-corrected chi connectivity index (χ3v) is 3.91. The van der Waals surface area contributed by atoms with E-state index in [-0.39, 0.29) is 5.91 Å². The number of carbonyl (C=O) groups is 1. The van der Waals surface area contributed by atoms with Crippen molar-refractivity contribution in [3.8, 4) is 0 Å². The van der Waals surface area contributed by atoms with Crippen LogP contribution in [0.5, 0.6) is 0 Å². The van der Waals surface area contributed by atoms with Crippen molar-refractivity contribution in [3.63, 3.8) is 0 Å². The minimum atomic E-state index is -0.527. The number of H-pyrrole nitrogens is 1. The Morgan fingerprint density at radius 3 is 2.61 bits per heavy atom. The van der Waals surface area contributed by atoms with E-state index in [1.54, 1.807) is 18.2 Å². The first-order valence-electron chi connectivity index (χ1n) is 7.66. The maximum atomic E-state index is 12.4. The predicted molar refractivity (Wildman–Crippen MR) is 90.0 cm³/mol. The molecule has 5 heteroatoms. The minimum absolute atomic E-state index is 0.222. The number of fused-ring (bicyclic) bond motifs is 1. The number of aryl methyl sites for hydroxylation is 2. The Hall–Kier alpha value is -2.82. The van der Waals surface area contributed by atoms with E-state index in [9.17, 15) is 9.59 Å². The van der Waals surface area contributed by atoms with Crippen LogP contribution in [0.4, 0.5) is 5.69 Å². The molecule has 0 aliphatic carbocycles. The zero-order valence-corrected chi connectivity index (χ0v) is 13.1. The number of anilines is 1. The Labute approximate surface area is 133 Å². The molecule has 0 spiro atoms. The lowest BCUT2D eigenvalue weighted by atomic mass is 10.0. The molecule has 1 amide bonds. The lowest BCUT2D eigenvalue weighted by Gasteiger charge is -2.10. The highest BCUT2D eigenvalue weighted by atomic mass is 16.4. The summed E-state index contributed by atoms with van der Waals surface area (Å²) in [6.45, 7) is 4.22. The molecule has 0 radical (unpaired) electrons. The molecule has 0 atom stereocenters. The molecule has 2 N–H and O–H groups in total. The van der Waals surface area contributed by atoms with Gasteiger partial charge in [-0.3, -0.25) is 9.78 Å². The van der Waals surface area contributed by atoms with Crippen LogP contribution >= 0.6 is 0 Å². The van der Waals surface area contributed by atoms with Crippen molar-refractivity contribution in [1.82, 2.24) is 4.98 Å². The van der Waals surface area contributed by atoms with Gasteiger partial charge in [-0.2, -0.15) is 0 Å². The number of benzene rings is 2. The fourth-order valence-electron chi connectivity index (χ4n) is 2.67. The van der Waals surface area contributed by atoms with Gasteiger partial charge in [-0.1, -0.05) is 19.9 Å². The number of amides is 1. The van der Waals surface area contributed by atoms with E-state index in [2.05, 4.69) is 24.1 Å². The number of aromatic amines is 1. The normalized spacial score (nSPS) is 10.9. The summed E-state index contributed by atoms with van der Waals surface area (Å²) in [5.74, 6) is -0.749. The molecular formula is C18H18N2O3. The van der Waals surface area contributed by atoms with Gasteiger partial charge in [0.15, 0.2) is 5.58 Å². The fraction of sp³-hybridized carbons (Fsp3) is 0.222. The quantitative estimate of drug-likeness (QED) is 0.774. The average molecular weight is 310 g/mol. The van der Waals surface area contributed by atoms with Crippen LogP contribution in [0.15, 0.2) is 45.6 Å². The van der Waals surface area contributed by atoms with Crippen LogP contribution in [0.3, 0.4) is 0 Å². The minimum Gasteiger partial charge on any atom is -0.408 e. The smallest absolute Gasteiger partial charge is 0.408 e. The summed E-state index contributed by atoms with van der Waals surface area (Å²) in [7, 11) is 0. The highest BCUT2D eigenvalue weighted by molar-refractivity contribution is 6.05. The Balaban J connectivity index is 1.86. The summed E-state index contributed by atoms with van der Waals surface area (Å²) in [5.41, 5.74) is 4.71. The molecule has 3 aromatic rings. The molecule has 0 aliphatic heterocycles. The zero-order chi connectivity index (χ0) is 16.4. The molecule has 2 aromatic carbocycles. The highest BCUT2D eigenvalue weighted by Crippen LogP contribution is 2.19. The summed E-state index contributed by atoms with van der Waals surface area (Å²) in [6, 6.07) is 10.8. The average Bonchev–Trinajstić information content (AvgIpc) is 2.93. The lowest BCUT2D eigenvalue weighted by molar-refractivity contribution is 0.102. The number of carbonyl (C=O) groups excluding carboxylic acids is 1. The molecular weight excluding hydrogens is 292 g/mol. The van der Waals surface area contributed by atoms with Crippen molar-refractivity contribution in [1.29, 1.82) is 0 Å². The molecule has 0 aliphatic rings. The Bertz CT molecular complexity index is 921. The second-order valence-electron chi connectivity index (χ2n) is 5.37. The van der Waals surface area contributed by atoms with Crippen molar-refractivity contribution < 1.29 is 9.21 Å². The first-order chi connectivity index (χ1) is 11.1. The monoisotopic (exact) mass is 310 g/mol. The van der Waals surface area contributed by atoms with Gasteiger partial charge >= 0.3 is 5.76 Å². The van der Waals surface area contributed by atoms with E-state index in [1.165, 1.54) is 11.1 Å². The van der Waals surface area contributed by atoms with Gasteiger partial charge in [0.1, 0.15) is 0 Å². The first-order valence-corrected chi connectivity index (χ1v) is 7.66. The SMILES string of the molecule is CCc1ccc(NC(=O)c2ccc3oc(=O)[nH]c3c2)cc1CC. The molecule has 0 unspecified atom stereocenters. The number of hydrogen-bond acceptors (Lipinski definition) is 3. The molecule has 1 heterocycles. The zero-order valence-electron chi connectivity index (χ0n) is 13.1. The largest absolute Gasteiger partial charge is 0.417 e. The fourth-order valence-corrected chi connectivity index (χ4v) is 2.67. The molecule has 0 saturated carbocycles. The van der Waals surface area contributed by atoms with Gasteiger partial charge in [0, 0.05) is 11.3 Å². The molecule has 23 heavy (non-hydrogen) atoms. The van der Waals surface area contributed by atoms with Gasteiger partial charge < -0.3 is 9.73 Å². The Morgan fingerprint density at radius 1 is 1.09 bits per heavy atom. The van der Waals surface area contributed by atoms with Gasteiger partial charge in [0.2, 0.25) is 0 Å². The maximum Gasteiger partial charge on any atom is 0.417 e. The molecule has 118 valence electrons. The highest BCUT2D eigenvalue weighted by Gasteiger charge is 2.10. The van der Waals surface area contributed by atoms with E-state index in [0.717, 1.165) is 18.5 Å². The van der Waals surface area contributed by atoms with Crippen LogP contribution in [0.25, 0.3) is 11.1 Å². The number of hydrogen-bond donors (Lipinski definition) is 2. The number of oxazole rings is 1. The van der Waals surface area contributed by atoms with Crippen LogP contribution in [0, 0.1) is 0 Å². The summed E-state index contributed by atoms with van der Waals surface area (Å²) in [6.07, 6.45) is 1.90. The van der Waals surface area contributed by atoms with E-state index < -0.39 is 5.76 Å². The summed E-state index contributed by atoms with van der Waals surface area (Å²) in [4.78, 5) is 26.1. The van der Waals surface area contributed by atoms with E-state index in [0.29, 0.717) is 16.7 Å². The number of aromatic nitrogens is 1. The number of rotatable bonds is 4. The molecule has 0 bridgehead atoms. The Kier molecular flexibility index (Phi) is 4.02. The number of nitrogens with one attached hydrogen (secondary N) is 2. The standard InChI is InChI=1S/C18H18N2O3/c1-3-11-5-7-14(9-12(11)4-2)19-17(21)13-6-8-16-15(10-13)20-18(22)23-16/h5-10H,3-4H2,1-2H3,(H,19,21)(H,20,22). The van der Waals surface area contributed by atoms with Crippen LogP contribution < -0.4 is 11.1 Å². The maximum absolute atomic E-state index is 12.4. The first kappa shape index (κ1) is 15.1. The van der Waals surface area contributed by atoms with Crippen molar-refractivity contribution in [2.24, 2.45) is 0 Å². The predicted octanol–water partition coefficient (Wildman–Crippen LogP) is 3.50. The molecule has 1 aromatic heterocycles. The molecule has 3 rings (SSSR count). The van der Waals surface area contributed by atoms with Crippen LogP contribution in [-0.4, -0.2) is 10.9 Å². The van der Waals surface area contributed by atoms with Crippen LogP contribution in [0.1, 0.15) is 35.3 Å². The third-order valence-electron chi connectivity index (χ3n) is 3.91. The van der Waals surface area contributed by atoms with Crippen molar-refractivity contribution in [3.05, 3.63) is 63.6 Å². The molecule has 0 saturated heterocycles. The summed E-state index contributed by atoms with van der Waals surface area (Å²) < 4.78 is 4.93. The van der Waals surface area contributed by atoms with E-state index in [4.69, 9.17) is 4.42 Å². The van der Waals surface area contributed by atoms with Crippen LogP contribution in [-0.2, 0) is 12.8 Å². The molecule has 5 nitrogen and oxygen atoms in total. The Morgan fingerprint density at radius 2 is 1.87 bits per heavy atom. The summed E-state index contributed by atoms with van der Waals surface area (Å²) >= 11 is 0. The molecule has 0 fully saturated rings. The van der Waals surface area contributed by atoms with E-state index in [1.807, 2.05) is 18.2 Å².